The van der Waals surface area contributed by atoms with E-state index in [2.05, 4.69) is 27.4 Å². The summed E-state index contributed by atoms with van der Waals surface area (Å²) in [6.45, 7) is 12.0. The van der Waals surface area contributed by atoms with Crippen molar-refractivity contribution in [3.8, 4) is 0 Å². The average molecular weight is 204 g/mol. The highest BCUT2D eigenvalue weighted by molar-refractivity contribution is 5.28. The molecule has 4 atom stereocenters. The minimum atomic E-state index is 0.537. The van der Waals surface area contributed by atoms with Gasteiger partial charge in [-0.1, -0.05) is 32.9 Å². The Morgan fingerprint density at radius 1 is 1.27 bits per heavy atom. The third-order valence-corrected chi connectivity index (χ3v) is 6.45. The van der Waals surface area contributed by atoms with Gasteiger partial charge in [0.2, 0.25) is 0 Å². The molecule has 3 aliphatic carbocycles. The van der Waals surface area contributed by atoms with Gasteiger partial charge in [0.1, 0.15) is 0 Å². The second-order valence-corrected chi connectivity index (χ2v) is 6.89. The summed E-state index contributed by atoms with van der Waals surface area (Å²) in [6, 6.07) is 0. The zero-order chi connectivity index (χ0) is 10.8. The van der Waals surface area contributed by atoms with Gasteiger partial charge in [0.15, 0.2) is 0 Å². The van der Waals surface area contributed by atoms with E-state index < -0.39 is 0 Å². The van der Waals surface area contributed by atoms with Crippen LogP contribution >= 0.6 is 0 Å². The van der Waals surface area contributed by atoms with E-state index >= 15 is 0 Å². The van der Waals surface area contributed by atoms with Crippen LogP contribution in [0.15, 0.2) is 12.2 Å². The molecular formula is C15H24. The maximum atomic E-state index is 4.46. The molecule has 0 nitrogen and oxygen atoms in total. The number of hydrogen-bond acceptors (Lipinski definition) is 0. The van der Waals surface area contributed by atoms with Crippen molar-refractivity contribution < 1.29 is 0 Å². The molecular weight excluding hydrogens is 180 g/mol. The molecule has 0 aromatic rings. The number of allylic oxidation sites excluding steroid dienone is 1. The van der Waals surface area contributed by atoms with Gasteiger partial charge in [0.05, 0.1) is 0 Å². The van der Waals surface area contributed by atoms with Crippen molar-refractivity contribution in [2.75, 3.05) is 0 Å². The van der Waals surface area contributed by atoms with Gasteiger partial charge in [-0.05, 0) is 60.7 Å². The van der Waals surface area contributed by atoms with Gasteiger partial charge in [-0.2, -0.15) is 0 Å². The van der Waals surface area contributed by atoms with Crippen LogP contribution in [0.3, 0.4) is 0 Å². The fourth-order valence-corrected chi connectivity index (χ4v) is 5.47. The summed E-state index contributed by atoms with van der Waals surface area (Å²) in [5.41, 5.74) is 2.68. The molecule has 84 valence electrons. The molecule has 0 N–H and O–H groups in total. The van der Waals surface area contributed by atoms with Gasteiger partial charge in [0.25, 0.3) is 0 Å². The van der Waals surface area contributed by atoms with Crippen LogP contribution in [0.1, 0.15) is 52.9 Å². The largest absolute Gasteiger partial charge is 0.0993 e. The molecule has 1 spiro atoms. The molecule has 0 amide bonds. The maximum Gasteiger partial charge on any atom is -0.000607 e. The van der Waals surface area contributed by atoms with Crippen LogP contribution in [0.5, 0.6) is 0 Å². The van der Waals surface area contributed by atoms with E-state index in [1.807, 2.05) is 0 Å². The van der Waals surface area contributed by atoms with Crippen molar-refractivity contribution in [3.63, 3.8) is 0 Å². The van der Waals surface area contributed by atoms with Crippen molar-refractivity contribution in [1.29, 1.82) is 0 Å². The molecule has 0 aliphatic heterocycles. The first kappa shape index (κ1) is 9.93. The molecule has 2 bridgehead atoms. The third kappa shape index (κ3) is 0.905. The van der Waals surface area contributed by atoms with E-state index in [0.29, 0.717) is 10.8 Å². The van der Waals surface area contributed by atoms with Gasteiger partial charge in [-0.25, -0.2) is 0 Å². The summed E-state index contributed by atoms with van der Waals surface area (Å²) in [7, 11) is 0. The molecule has 3 aliphatic rings. The van der Waals surface area contributed by atoms with Gasteiger partial charge < -0.3 is 0 Å². The molecule has 0 aromatic carbocycles. The van der Waals surface area contributed by atoms with Gasteiger partial charge >= 0.3 is 0 Å². The molecule has 0 saturated heterocycles. The molecule has 3 saturated carbocycles. The van der Waals surface area contributed by atoms with E-state index in [1.54, 1.807) is 5.57 Å². The Morgan fingerprint density at radius 2 is 2.00 bits per heavy atom. The lowest BCUT2D eigenvalue weighted by Crippen LogP contribution is -2.42. The molecule has 0 heterocycles. The third-order valence-electron chi connectivity index (χ3n) is 6.45. The standard InChI is InChI=1S/C15H24/c1-10-7-8-15-11(2)5-6-12(9-13(10)15)14(15,3)4/h10,12-13H,2,5-9H2,1,3-4H3/t10-,12+,13-,15-/m1/s1. The Hall–Kier alpha value is -0.260. The fourth-order valence-electron chi connectivity index (χ4n) is 5.47. The Balaban J connectivity index is 2.14. The van der Waals surface area contributed by atoms with Crippen molar-refractivity contribution in [1.82, 2.24) is 0 Å². The summed E-state index contributed by atoms with van der Waals surface area (Å²) < 4.78 is 0. The second-order valence-electron chi connectivity index (χ2n) is 6.89. The van der Waals surface area contributed by atoms with Crippen LogP contribution in [-0.4, -0.2) is 0 Å². The van der Waals surface area contributed by atoms with Crippen LogP contribution in [0.25, 0.3) is 0 Å². The van der Waals surface area contributed by atoms with Crippen LogP contribution in [-0.2, 0) is 0 Å². The molecule has 0 heteroatoms. The van der Waals surface area contributed by atoms with Crippen LogP contribution < -0.4 is 0 Å². The van der Waals surface area contributed by atoms with Crippen molar-refractivity contribution in [3.05, 3.63) is 12.2 Å². The minimum absolute atomic E-state index is 0.537. The molecule has 3 rings (SSSR count). The maximum absolute atomic E-state index is 4.46. The summed E-state index contributed by atoms with van der Waals surface area (Å²) in [6.07, 6.45) is 7.10. The molecule has 3 fully saturated rings. The summed E-state index contributed by atoms with van der Waals surface area (Å²) in [5, 5.41) is 0. The average Bonchev–Trinajstić information content (AvgIpc) is 2.53. The Bertz CT molecular complexity index is 312. The first-order chi connectivity index (χ1) is 7.00. The van der Waals surface area contributed by atoms with Crippen LogP contribution in [0.2, 0.25) is 0 Å². The predicted octanol–water partition coefficient (Wildman–Crippen LogP) is 4.42. The first-order valence-corrected chi connectivity index (χ1v) is 6.68. The Morgan fingerprint density at radius 3 is 2.73 bits per heavy atom. The fraction of sp³-hybridized carbons (Fsp3) is 0.867. The predicted molar refractivity (Wildman–Crippen MR) is 64.6 cm³/mol. The topological polar surface area (TPSA) is 0 Å². The summed E-state index contributed by atoms with van der Waals surface area (Å²) in [4.78, 5) is 0. The van der Waals surface area contributed by atoms with Crippen LogP contribution in [0.4, 0.5) is 0 Å². The highest BCUT2D eigenvalue weighted by Crippen LogP contribution is 2.73. The quantitative estimate of drug-likeness (QED) is 0.513. The minimum Gasteiger partial charge on any atom is -0.0993 e. The van der Waals surface area contributed by atoms with Gasteiger partial charge in [-0.15, -0.1) is 0 Å². The SMILES string of the molecule is C=C1CC[C@H]2C[C@@H]3[C@H](C)CC[C@@]13C2(C)C. The number of hydrogen-bond donors (Lipinski definition) is 0. The van der Waals surface area contributed by atoms with Crippen LogP contribution in [0, 0.1) is 28.6 Å². The molecule has 0 aromatic heterocycles. The lowest BCUT2D eigenvalue weighted by molar-refractivity contribution is 0.0595. The van der Waals surface area contributed by atoms with E-state index in [9.17, 15) is 0 Å². The normalized spacial score (nSPS) is 51.9. The zero-order valence-corrected chi connectivity index (χ0v) is 10.5. The van der Waals surface area contributed by atoms with E-state index in [-0.39, 0.29) is 0 Å². The van der Waals surface area contributed by atoms with E-state index in [1.165, 1.54) is 32.1 Å². The lowest BCUT2D eigenvalue weighted by Gasteiger charge is -2.50. The summed E-state index contributed by atoms with van der Waals surface area (Å²) >= 11 is 0. The summed E-state index contributed by atoms with van der Waals surface area (Å²) in [5.74, 6) is 2.90. The van der Waals surface area contributed by atoms with Gasteiger partial charge in [-0.3, -0.25) is 0 Å². The first-order valence-electron chi connectivity index (χ1n) is 6.68. The smallest absolute Gasteiger partial charge is 0.000607 e. The highest BCUT2D eigenvalue weighted by Gasteiger charge is 2.65. The second kappa shape index (κ2) is 2.70. The lowest BCUT2D eigenvalue weighted by atomic mass is 9.54. The zero-order valence-electron chi connectivity index (χ0n) is 10.5. The molecule has 15 heavy (non-hydrogen) atoms. The molecule has 0 radical (unpaired) electrons. The molecule has 0 unspecified atom stereocenters. The Kier molecular flexibility index (Phi) is 1.79. The van der Waals surface area contributed by atoms with E-state index in [0.717, 1.165) is 17.8 Å². The van der Waals surface area contributed by atoms with Crippen molar-refractivity contribution in [2.24, 2.45) is 28.6 Å². The van der Waals surface area contributed by atoms with Crippen molar-refractivity contribution in [2.45, 2.75) is 52.9 Å². The van der Waals surface area contributed by atoms with Crippen molar-refractivity contribution >= 4 is 0 Å². The number of rotatable bonds is 0. The monoisotopic (exact) mass is 204 g/mol. The Labute approximate surface area is 94.1 Å². The number of fused-ring (bicyclic) bond motifs is 1. The van der Waals surface area contributed by atoms with Gasteiger partial charge in [0, 0.05) is 0 Å². The highest BCUT2D eigenvalue weighted by atomic mass is 14.7. The van der Waals surface area contributed by atoms with E-state index in [4.69, 9.17) is 0 Å².